The largest absolute Gasteiger partial charge is 0.462 e. The van der Waals surface area contributed by atoms with Gasteiger partial charge in [0, 0.05) is 18.5 Å². The molecule has 0 spiro atoms. The Hall–Kier alpha value is -3.48. The Labute approximate surface area is 163 Å². The van der Waals surface area contributed by atoms with Gasteiger partial charge in [0.05, 0.1) is 17.9 Å². The summed E-state index contributed by atoms with van der Waals surface area (Å²) in [5.41, 5.74) is 2.84. The van der Waals surface area contributed by atoms with E-state index in [2.05, 4.69) is 10.4 Å². The lowest BCUT2D eigenvalue weighted by Gasteiger charge is -2.23. The van der Waals surface area contributed by atoms with Gasteiger partial charge in [0.25, 0.3) is 5.91 Å². The zero-order valence-electron chi connectivity index (χ0n) is 15.8. The van der Waals surface area contributed by atoms with E-state index in [9.17, 15) is 14.4 Å². The summed E-state index contributed by atoms with van der Waals surface area (Å²) in [4.78, 5) is 36.5. The zero-order valence-corrected chi connectivity index (χ0v) is 15.8. The minimum Gasteiger partial charge on any atom is -0.462 e. The van der Waals surface area contributed by atoms with E-state index in [0.29, 0.717) is 23.5 Å². The highest BCUT2D eigenvalue weighted by Crippen LogP contribution is 2.22. The van der Waals surface area contributed by atoms with Crippen LogP contribution < -0.4 is 10.3 Å². The number of carbonyl (C=O) groups excluding carboxylic acids is 3. The Kier molecular flexibility index (Phi) is 5.84. The average molecular weight is 379 g/mol. The first kappa shape index (κ1) is 19.3. The first-order chi connectivity index (χ1) is 13.5. The topological polar surface area (TPSA) is 88.1 Å². The zero-order chi connectivity index (χ0) is 20.1. The lowest BCUT2D eigenvalue weighted by atomic mass is 10.1. The number of nitrogens with zero attached hydrogens (tertiary/aromatic N) is 2. The highest BCUT2D eigenvalue weighted by Gasteiger charge is 2.25. The number of nitrogens with one attached hydrogen (secondary N) is 1. The molecule has 0 saturated heterocycles. The minimum atomic E-state index is -0.413. The molecule has 0 atom stereocenters. The molecule has 0 bridgehead atoms. The van der Waals surface area contributed by atoms with Gasteiger partial charge in [-0.05, 0) is 55.8 Å². The van der Waals surface area contributed by atoms with E-state index in [1.807, 2.05) is 25.1 Å². The standard InChI is InChI=1S/C21H21N3O4/c1-3-28-21(27)15-7-9-16(10-8-15)22-20(26)18-11-12-19(25)24(23-18)17-6-4-5-14(2)13-17/h4-10,13H,3,11-12H2,1-2H3,(H,22,26). The van der Waals surface area contributed by atoms with Crippen LogP contribution >= 0.6 is 0 Å². The molecule has 144 valence electrons. The van der Waals surface area contributed by atoms with E-state index >= 15 is 0 Å². The second kappa shape index (κ2) is 8.47. The van der Waals surface area contributed by atoms with Gasteiger partial charge in [-0.2, -0.15) is 5.10 Å². The van der Waals surface area contributed by atoms with Crippen molar-refractivity contribution < 1.29 is 19.1 Å². The van der Waals surface area contributed by atoms with Crippen LogP contribution in [0.25, 0.3) is 0 Å². The molecule has 2 aromatic rings. The monoisotopic (exact) mass is 379 g/mol. The molecule has 0 fully saturated rings. The molecule has 3 rings (SSSR count). The number of ether oxygens (including phenoxy) is 1. The Bertz CT molecular complexity index is 935. The van der Waals surface area contributed by atoms with Crippen LogP contribution in [-0.4, -0.2) is 30.1 Å². The second-order valence-electron chi connectivity index (χ2n) is 6.34. The van der Waals surface area contributed by atoms with Gasteiger partial charge in [-0.15, -0.1) is 0 Å². The maximum Gasteiger partial charge on any atom is 0.338 e. The van der Waals surface area contributed by atoms with Crippen LogP contribution in [-0.2, 0) is 14.3 Å². The maximum absolute atomic E-state index is 12.6. The Morgan fingerprint density at radius 3 is 2.57 bits per heavy atom. The molecule has 2 aromatic carbocycles. The summed E-state index contributed by atoms with van der Waals surface area (Å²) in [7, 11) is 0. The molecule has 1 aliphatic heterocycles. The van der Waals surface area contributed by atoms with Crippen molar-refractivity contribution in [1.29, 1.82) is 0 Å². The fourth-order valence-electron chi connectivity index (χ4n) is 2.79. The highest BCUT2D eigenvalue weighted by molar-refractivity contribution is 6.44. The average Bonchev–Trinajstić information content (AvgIpc) is 2.69. The lowest BCUT2D eigenvalue weighted by molar-refractivity contribution is -0.118. The number of aryl methyl sites for hydroxylation is 1. The molecule has 2 amide bonds. The molecule has 0 unspecified atom stereocenters. The summed E-state index contributed by atoms with van der Waals surface area (Å²) >= 11 is 0. The Morgan fingerprint density at radius 2 is 1.89 bits per heavy atom. The molecule has 0 saturated carbocycles. The summed E-state index contributed by atoms with van der Waals surface area (Å²) in [5, 5.41) is 8.28. The van der Waals surface area contributed by atoms with E-state index in [4.69, 9.17) is 4.74 Å². The van der Waals surface area contributed by atoms with Gasteiger partial charge in [0.15, 0.2) is 0 Å². The number of carbonyl (C=O) groups is 3. The van der Waals surface area contributed by atoms with Gasteiger partial charge >= 0.3 is 5.97 Å². The Balaban J connectivity index is 1.74. The number of esters is 1. The summed E-state index contributed by atoms with van der Waals surface area (Å²) in [6, 6.07) is 13.8. The maximum atomic E-state index is 12.6. The molecular weight excluding hydrogens is 358 g/mol. The van der Waals surface area contributed by atoms with Crippen molar-refractivity contribution >= 4 is 34.9 Å². The van der Waals surface area contributed by atoms with Crippen LogP contribution in [0, 0.1) is 6.92 Å². The molecule has 28 heavy (non-hydrogen) atoms. The van der Waals surface area contributed by atoms with Crippen LogP contribution in [0.1, 0.15) is 35.7 Å². The molecule has 1 aliphatic rings. The Morgan fingerprint density at radius 1 is 1.14 bits per heavy atom. The fraction of sp³-hybridized carbons (Fsp3) is 0.238. The molecule has 1 heterocycles. The van der Waals surface area contributed by atoms with E-state index in [1.54, 1.807) is 37.3 Å². The first-order valence-corrected chi connectivity index (χ1v) is 9.03. The molecular formula is C21H21N3O4. The number of hydrogen-bond acceptors (Lipinski definition) is 5. The predicted octanol–water partition coefficient (Wildman–Crippen LogP) is 3.29. The van der Waals surface area contributed by atoms with Crippen molar-refractivity contribution in [2.75, 3.05) is 16.9 Å². The van der Waals surface area contributed by atoms with E-state index in [-0.39, 0.29) is 30.4 Å². The third-order valence-corrected chi connectivity index (χ3v) is 4.19. The number of amides is 2. The van der Waals surface area contributed by atoms with Crippen LogP contribution in [0.15, 0.2) is 53.6 Å². The van der Waals surface area contributed by atoms with Crippen molar-refractivity contribution in [3.8, 4) is 0 Å². The molecule has 1 N–H and O–H groups in total. The van der Waals surface area contributed by atoms with Gasteiger partial charge in [-0.1, -0.05) is 12.1 Å². The number of hydrazone groups is 1. The highest BCUT2D eigenvalue weighted by atomic mass is 16.5. The number of rotatable bonds is 5. The van der Waals surface area contributed by atoms with Crippen LogP contribution in [0.5, 0.6) is 0 Å². The van der Waals surface area contributed by atoms with Gasteiger partial charge in [-0.25, -0.2) is 9.80 Å². The molecule has 7 nitrogen and oxygen atoms in total. The number of hydrogen-bond donors (Lipinski definition) is 1. The SMILES string of the molecule is CCOC(=O)c1ccc(NC(=O)C2=NN(c3cccc(C)c3)C(=O)CC2)cc1. The lowest BCUT2D eigenvalue weighted by Crippen LogP contribution is -2.36. The summed E-state index contributed by atoms with van der Waals surface area (Å²) < 4.78 is 4.93. The predicted molar refractivity (Wildman–Crippen MR) is 106 cm³/mol. The van der Waals surface area contributed by atoms with Gasteiger partial charge in [0.1, 0.15) is 5.71 Å². The smallest absolute Gasteiger partial charge is 0.338 e. The second-order valence-corrected chi connectivity index (χ2v) is 6.34. The van der Waals surface area contributed by atoms with Gasteiger partial charge in [-0.3, -0.25) is 9.59 Å². The quantitative estimate of drug-likeness (QED) is 0.808. The molecule has 0 radical (unpaired) electrons. The van der Waals surface area contributed by atoms with Crippen molar-refractivity contribution in [2.45, 2.75) is 26.7 Å². The third kappa shape index (κ3) is 4.43. The first-order valence-electron chi connectivity index (χ1n) is 9.03. The normalized spacial score (nSPS) is 13.7. The van der Waals surface area contributed by atoms with Crippen molar-refractivity contribution in [3.05, 3.63) is 59.7 Å². The van der Waals surface area contributed by atoms with Gasteiger partial charge < -0.3 is 10.1 Å². The molecule has 0 aromatic heterocycles. The third-order valence-electron chi connectivity index (χ3n) is 4.19. The number of anilines is 2. The molecule has 0 aliphatic carbocycles. The van der Waals surface area contributed by atoms with E-state index < -0.39 is 5.97 Å². The van der Waals surface area contributed by atoms with Crippen molar-refractivity contribution in [2.24, 2.45) is 5.10 Å². The fourth-order valence-corrected chi connectivity index (χ4v) is 2.79. The number of benzene rings is 2. The van der Waals surface area contributed by atoms with Crippen LogP contribution in [0.3, 0.4) is 0 Å². The van der Waals surface area contributed by atoms with Crippen LogP contribution in [0.4, 0.5) is 11.4 Å². The summed E-state index contributed by atoms with van der Waals surface area (Å²) in [6.07, 6.45) is 0.482. The van der Waals surface area contributed by atoms with E-state index in [1.165, 1.54) is 5.01 Å². The summed E-state index contributed by atoms with van der Waals surface area (Å²) in [6.45, 7) is 3.96. The van der Waals surface area contributed by atoms with E-state index in [0.717, 1.165) is 5.56 Å². The molecule has 7 heteroatoms. The van der Waals surface area contributed by atoms with Gasteiger partial charge in [0.2, 0.25) is 5.91 Å². The minimum absolute atomic E-state index is 0.152. The van der Waals surface area contributed by atoms with Crippen LogP contribution in [0.2, 0.25) is 0 Å². The van der Waals surface area contributed by atoms with Crippen molar-refractivity contribution in [3.63, 3.8) is 0 Å². The van der Waals surface area contributed by atoms with Crippen molar-refractivity contribution in [1.82, 2.24) is 0 Å². The summed E-state index contributed by atoms with van der Waals surface area (Å²) in [5.74, 6) is -0.945.